The zero-order valence-corrected chi connectivity index (χ0v) is 15.3. The molecule has 4 rings (SSSR count). The molecule has 2 N–H and O–H groups in total. The molecule has 7 nitrogen and oxygen atoms in total. The molecule has 0 saturated carbocycles. The summed E-state index contributed by atoms with van der Waals surface area (Å²) in [6.07, 6.45) is 1.88. The fourth-order valence-electron chi connectivity index (χ4n) is 3.41. The van der Waals surface area contributed by atoms with Crippen LogP contribution in [0.4, 0.5) is 10.2 Å². The molecule has 0 radical (unpaired) electrons. The Kier molecular flexibility index (Phi) is 4.38. The van der Waals surface area contributed by atoms with Crippen LogP contribution in [0.25, 0.3) is 5.69 Å². The highest BCUT2D eigenvalue weighted by Crippen LogP contribution is 2.44. The summed E-state index contributed by atoms with van der Waals surface area (Å²) in [4.78, 5) is 12.4. The first-order valence-corrected chi connectivity index (χ1v) is 8.60. The molecule has 1 aromatic heterocycles. The zero-order valence-electron chi connectivity index (χ0n) is 15.3. The highest BCUT2D eigenvalue weighted by molar-refractivity contribution is 5.94. The second-order valence-corrected chi connectivity index (χ2v) is 6.42. The van der Waals surface area contributed by atoms with Gasteiger partial charge in [0.25, 0.3) is 0 Å². The van der Waals surface area contributed by atoms with Crippen LogP contribution in [0.15, 0.2) is 42.6 Å². The highest BCUT2D eigenvalue weighted by Gasteiger charge is 2.31. The molecule has 1 aliphatic rings. The second-order valence-electron chi connectivity index (χ2n) is 6.42. The molecule has 1 amide bonds. The number of benzene rings is 2. The van der Waals surface area contributed by atoms with Crippen molar-refractivity contribution in [2.45, 2.75) is 12.3 Å². The second kappa shape index (κ2) is 6.88. The third-order valence-corrected chi connectivity index (χ3v) is 4.80. The smallest absolute Gasteiger partial charge is 0.226 e. The minimum Gasteiger partial charge on any atom is -0.502 e. The van der Waals surface area contributed by atoms with Gasteiger partial charge in [0.15, 0.2) is 11.5 Å². The minimum absolute atomic E-state index is 0.101. The summed E-state index contributed by atoms with van der Waals surface area (Å²) in [5, 5.41) is 17.4. The fourth-order valence-corrected chi connectivity index (χ4v) is 3.41. The monoisotopic (exact) mass is 383 g/mol. The maximum Gasteiger partial charge on any atom is 0.226 e. The molecule has 0 aliphatic carbocycles. The topological polar surface area (TPSA) is 85.6 Å². The summed E-state index contributed by atoms with van der Waals surface area (Å²) < 4.78 is 25.3. The Balaban J connectivity index is 1.82. The number of carbonyl (C=O) groups is 1. The molecule has 144 valence electrons. The van der Waals surface area contributed by atoms with E-state index in [1.165, 1.54) is 26.4 Å². The largest absolute Gasteiger partial charge is 0.502 e. The number of methoxy groups -OCH3 is 2. The lowest BCUT2D eigenvalue weighted by atomic mass is 9.87. The van der Waals surface area contributed by atoms with E-state index >= 15 is 0 Å². The molecular weight excluding hydrogens is 365 g/mol. The number of anilines is 1. The van der Waals surface area contributed by atoms with Gasteiger partial charge in [-0.1, -0.05) is 0 Å². The lowest BCUT2D eigenvalue weighted by molar-refractivity contribution is -0.116. The third-order valence-electron chi connectivity index (χ3n) is 4.80. The van der Waals surface area contributed by atoms with Crippen molar-refractivity contribution in [1.82, 2.24) is 9.78 Å². The Hall–Kier alpha value is -3.55. The number of carbonyl (C=O) groups excluding carboxylic acids is 1. The van der Waals surface area contributed by atoms with E-state index in [0.717, 1.165) is 11.1 Å². The molecule has 0 fully saturated rings. The highest BCUT2D eigenvalue weighted by atomic mass is 19.1. The summed E-state index contributed by atoms with van der Waals surface area (Å²) in [5.41, 5.74) is 2.18. The number of phenols is 1. The molecule has 0 saturated heterocycles. The Morgan fingerprint density at radius 2 is 1.82 bits per heavy atom. The molecular formula is C20H18FN3O4. The molecule has 1 aliphatic heterocycles. The zero-order chi connectivity index (χ0) is 19.8. The molecule has 2 heterocycles. The minimum atomic E-state index is -0.352. The number of amides is 1. The predicted molar refractivity (Wildman–Crippen MR) is 99.8 cm³/mol. The van der Waals surface area contributed by atoms with Crippen molar-refractivity contribution >= 4 is 11.7 Å². The first-order chi connectivity index (χ1) is 13.5. The molecule has 3 aromatic rings. The van der Waals surface area contributed by atoms with Gasteiger partial charge in [-0.05, 0) is 42.0 Å². The lowest BCUT2D eigenvalue weighted by Crippen LogP contribution is -2.24. The van der Waals surface area contributed by atoms with Gasteiger partial charge in [-0.25, -0.2) is 9.07 Å². The van der Waals surface area contributed by atoms with Crippen molar-refractivity contribution < 1.29 is 23.8 Å². The summed E-state index contributed by atoms with van der Waals surface area (Å²) >= 11 is 0. The number of ether oxygens (including phenoxy) is 2. The van der Waals surface area contributed by atoms with Crippen LogP contribution in [-0.2, 0) is 4.79 Å². The molecule has 0 spiro atoms. The Morgan fingerprint density at radius 3 is 2.43 bits per heavy atom. The van der Waals surface area contributed by atoms with Gasteiger partial charge in [0, 0.05) is 17.9 Å². The van der Waals surface area contributed by atoms with Crippen LogP contribution in [0.2, 0.25) is 0 Å². The molecule has 1 unspecified atom stereocenters. The normalized spacial score (nSPS) is 15.7. The van der Waals surface area contributed by atoms with Gasteiger partial charge >= 0.3 is 0 Å². The van der Waals surface area contributed by atoms with E-state index in [4.69, 9.17) is 9.47 Å². The Labute approximate surface area is 160 Å². The van der Waals surface area contributed by atoms with Gasteiger partial charge in [-0.2, -0.15) is 5.10 Å². The number of hydrogen-bond acceptors (Lipinski definition) is 5. The van der Waals surface area contributed by atoms with E-state index < -0.39 is 0 Å². The first-order valence-electron chi connectivity index (χ1n) is 8.60. The summed E-state index contributed by atoms with van der Waals surface area (Å²) in [5.74, 6) is 0.111. The van der Waals surface area contributed by atoms with Crippen molar-refractivity contribution in [3.8, 4) is 22.9 Å². The third kappa shape index (κ3) is 2.92. The maximum absolute atomic E-state index is 13.2. The van der Waals surface area contributed by atoms with Crippen LogP contribution in [-0.4, -0.2) is 35.0 Å². The Bertz CT molecular complexity index is 1020. The molecule has 1 atom stereocenters. The quantitative estimate of drug-likeness (QED) is 0.723. The van der Waals surface area contributed by atoms with E-state index in [1.807, 2.05) is 0 Å². The number of aromatic nitrogens is 2. The van der Waals surface area contributed by atoms with Crippen molar-refractivity contribution in [3.05, 3.63) is 59.5 Å². The van der Waals surface area contributed by atoms with Crippen LogP contribution in [0.5, 0.6) is 17.2 Å². The van der Waals surface area contributed by atoms with Crippen molar-refractivity contribution in [2.24, 2.45) is 0 Å². The van der Waals surface area contributed by atoms with Crippen molar-refractivity contribution in [1.29, 1.82) is 0 Å². The molecule has 0 bridgehead atoms. The van der Waals surface area contributed by atoms with Crippen LogP contribution >= 0.6 is 0 Å². The molecule has 28 heavy (non-hydrogen) atoms. The van der Waals surface area contributed by atoms with E-state index in [9.17, 15) is 14.3 Å². The molecule has 8 heteroatoms. The van der Waals surface area contributed by atoms with Gasteiger partial charge in [0.2, 0.25) is 11.7 Å². The van der Waals surface area contributed by atoms with Crippen LogP contribution < -0.4 is 14.8 Å². The van der Waals surface area contributed by atoms with Gasteiger partial charge < -0.3 is 19.9 Å². The van der Waals surface area contributed by atoms with E-state index in [0.29, 0.717) is 11.5 Å². The number of phenolic OH excluding ortho intramolecular Hbond substituents is 1. The average molecular weight is 383 g/mol. The number of rotatable bonds is 4. The fraction of sp³-hybridized carbons (Fsp3) is 0.200. The number of nitrogens with zero attached hydrogens (tertiary/aromatic N) is 2. The number of aromatic hydroxyl groups is 1. The number of halogens is 1. The van der Waals surface area contributed by atoms with E-state index in [1.54, 1.807) is 35.1 Å². The maximum atomic E-state index is 13.2. The van der Waals surface area contributed by atoms with Crippen LogP contribution in [0, 0.1) is 5.82 Å². The number of fused-ring (bicyclic) bond motifs is 1. The van der Waals surface area contributed by atoms with Gasteiger partial charge in [-0.15, -0.1) is 0 Å². The Morgan fingerprint density at radius 1 is 1.18 bits per heavy atom. The summed E-state index contributed by atoms with van der Waals surface area (Å²) in [6, 6.07) is 9.21. The van der Waals surface area contributed by atoms with Gasteiger partial charge in [0.05, 0.1) is 26.1 Å². The van der Waals surface area contributed by atoms with Crippen LogP contribution in [0.3, 0.4) is 0 Å². The molecule has 2 aromatic carbocycles. The number of nitrogens with one attached hydrogen (secondary N) is 1. The standard InChI is InChI=1S/C20H18FN3O4/c1-27-16-7-11(8-17(28-2)19(16)26)14-9-18(25)23-20-15(14)10-22-24(20)13-5-3-12(21)4-6-13/h3-8,10,14,26H,9H2,1-2H3,(H,23,25). The van der Waals surface area contributed by atoms with Crippen molar-refractivity contribution in [2.75, 3.05) is 19.5 Å². The SMILES string of the molecule is COc1cc(C2CC(=O)Nc3c2cnn3-c2ccc(F)cc2)cc(OC)c1O. The first kappa shape index (κ1) is 17.8. The van der Waals surface area contributed by atoms with Crippen LogP contribution in [0.1, 0.15) is 23.5 Å². The van der Waals surface area contributed by atoms with Gasteiger partial charge in [-0.3, -0.25) is 4.79 Å². The van der Waals surface area contributed by atoms with Crippen molar-refractivity contribution in [3.63, 3.8) is 0 Å². The lowest BCUT2D eigenvalue weighted by Gasteiger charge is -2.24. The van der Waals surface area contributed by atoms with Gasteiger partial charge in [0.1, 0.15) is 11.6 Å². The summed E-state index contributed by atoms with van der Waals surface area (Å²) in [7, 11) is 2.90. The average Bonchev–Trinajstić information content (AvgIpc) is 3.12. The van der Waals surface area contributed by atoms with E-state index in [2.05, 4.69) is 10.4 Å². The number of hydrogen-bond donors (Lipinski definition) is 2. The summed E-state index contributed by atoms with van der Waals surface area (Å²) in [6.45, 7) is 0. The predicted octanol–water partition coefficient (Wildman–Crippen LogP) is 3.21. The van der Waals surface area contributed by atoms with E-state index in [-0.39, 0.29) is 41.3 Å².